The van der Waals surface area contributed by atoms with E-state index >= 15 is 0 Å². The van der Waals surface area contributed by atoms with Gasteiger partial charge in [0.05, 0.1) is 24.5 Å². The Labute approximate surface area is 304 Å². The van der Waals surface area contributed by atoms with Crippen LogP contribution in [0.5, 0.6) is 0 Å². The molecule has 0 aliphatic rings. The zero-order valence-corrected chi connectivity index (χ0v) is 30.1. The van der Waals surface area contributed by atoms with Gasteiger partial charge in [-0.25, -0.2) is 17.6 Å². The number of carbonyl (C=O) groups excluding carboxylic acids is 1. The number of aryl methyl sites for hydroxylation is 2. The molecule has 1 unspecified atom stereocenters. The van der Waals surface area contributed by atoms with E-state index in [2.05, 4.69) is 5.32 Å². The summed E-state index contributed by atoms with van der Waals surface area (Å²) in [5.74, 6) is -0.0865. The highest BCUT2D eigenvalue weighted by Crippen LogP contribution is 2.31. The molecule has 14 heteroatoms. The van der Waals surface area contributed by atoms with Crippen molar-refractivity contribution >= 4 is 79.7 Å². The van der Waals surface area contributed by atoms with E-state index in [0.29, 0.717) is 50.3 Å². The Kier molecular flexibility index (Phi) is 13.8. The minimum Gasteiger partial charge on any atom is -0.744 e. The molecule has 0 saturated carbocycles. The second kappa shape index (κ2) is 17.5. The van der Waals surface area contributed by atoms with Gasteiger partial charge in [0.15, 0.2) is 0 Å². The van der Waals surface area contributed by atoms with Crippen LogP contribution >= 0.6 is 58.0 Å². The second-order valence-corrected chi connectivity index (χ2v) is 14.1. The monoisotopic (exact) mass is 767 g/mol. The third-order valence-electron chi connectivity index (χ3n) is 6.92. The lowest BCUT2D eigenvalue weighted by molar-refractivity contribution is -0.704. The van der Waals surface area contributed by atoms with Gasteiger partial charge < -0.3 is 14.6 Å². The predicted molar refractivity (Wildman–Crippen MR) is 189 cm³/mol. The Bertz CT molecular complexity index is 1950. The maximum Gasteiger partial charge on any atom is 0.243 e. The van der Waals surface area contributed by atoms with Crippen molar-refractivity contribution in [1.29, 1.82) is 0 Å². The summed E-state index contributed by atoms with van der Waals surface area (Å²) in [5.41, 5.74) is 3.25. The number of amides is 1. The van der Waals surface area contributed by atoms with Crippen LogP contribution in [0.3, 0.4) is 0 Å². The predicted octanol–water partition coefficient (Wildman–Crippen LogP) is 8.93. The number of imidazole rings is 1. The first-order valence-electron chi connectivity index (χ1n) is 14.4. The summed E-state index contributed by atoms with van der Waals surface area (Å²) in [6, 6.07) is 23.4. The maximum absolute atomic E-state index is 12.3. The fourth-order valence-electron chi connectivity index (χ4n) is 4.40. The first kappa shape index (κ1) is 37.7. The molecule has 1 atom stereocenters. The molecular formula is C34H30Cl5N3O5S. The number of anilines is 1. The van der Waals surface area contributed by atoms with E-state index in [0.717, 1.165) is 16.7 Å². The molecule has 4 aromatic carbocycles. The van der Waals surface area contributed by atoms with Gasteiger partial charge in [0.25, 0.3) is 0 Å². The Hall–Kier alpha value is -3.12. The van der Waals surface area contributed by atoms with E-state index in [1.54, 1.807) is 60.7 Å². The van der Waals surface area contributed by atoms with Crippen LogP contribution in [0.2, 0.25) is 25.1 Å². The maximum atomic E-state index is 12.3. The molecular weight excluding hydrogens is 740 g/mol. The average Bonchev–Trinajstić information content (AvgIpc) is 3.48. The lowest BCUT2D eigenvalue weighted by Crippen LogP contribution is -2.35. The molecule has 0 radical (unpaired) electrons. The van der Waals surface area contributed by atoms with Crippen molar-refractivity contribution < 1.29 is 27.1 Å². The van der Waals surface area contributed by atoms with E-state index in [4.69, 9.17) is 62.7 Å². The Morgan fingerprint density at radius 1 is 0.875 bits per heavy atom. The van der Waals surface area contributed by atoms with E-state index in [-0.39, 0.29) is 23.5 Å². The van der Waals surface area contributed by atoms with Crippen LogP contribution in [0, 0.1) is 6.92 Å². The molecule has 1 N–H and O–H groups in total. The fraction of sp³-hybridized carbons (Fsp3) is 0.176. The van der Waals surface area contributed by atoms with Gasteiger partial charge in [-0.2, -0.15) is 0 Å². The number of nitrogens with zero attached hydrogens (tertiary/aromatic N) is 2. The fourth-order valence-corrected chi connectivity index (χ4v) is 5.98. The number of hydrogen-bond acceptors (Lipinski definition) is 5. The van der Waals surface area contributed by atoms with Gasteiger partial charge in [0.2, 0.25) is 12.2 Å². The SMILES string of the molecule is Cc1ccc(S(=O)(=O)[O-])cc1.O=C(CCn1cc[n+](CC(OCc2ccc(Cl)cc2Cl)c2ccc(Cl)cc2Cl)c1)Nc1ccc(Cl)cc1. The van der Waals surface area contributed by atoms with Gasteiger partial charge in [-0.1, -0.05) is 87.8 Å². The van der Waals surface area contributed by atoms with Crippen LogP contribution in [-0.2, 0) is 39.3 Å². The molecule has 0 aliphatic carbocycles. The van der Waals surface area contributed by atoms with Crippen molar-refractivity contribution in [3.63, 3.8) is 0 Å². The van der Waals surface area contributed by atoms with Gasteiger partial charge in [-0.05, 0) is 73.2 Å². The zero-order valence-electron chi connectivity index (χ0n) is 25.5. The van der Waals surface area contributed by atoms with Crippen molar-refractivity contribution in [2.45, 2.75) is 44.0 Å². The molecule has 5 aromatic rings. The van der Waals surface area contributed by atoms with Crippen molar-refractivity contribution in [3.8, 4) is 0 Å². The number of benzene rings is 4. The third-order valence-corrected chi connectivity index (χ3v) is 9.17. The molecule has 48 heavy (non-hydrogen) atoms. The Morgan fingerprint density at radius 3 is 2.12 bits per heavy atom. The molecule has 1 heterocycles. The van der Waals surface area contributed by atoms with Crippen LogP contribution in [0.1, 0.15) is 29.2 Å². The van der Waals surface area contributed by atoms with Gasteiger partial charge >= 0.3 is 0 Å². The summed E-state index contributed by atoms with van der Waals surface area (Å²) >= 11 is 30.9. The number of hydrogen-bond donors (Lipinski definition) is 1. The van der Waals surface area contributed by atoms with Crippen LogP contribution in [-0.4, -0.2) is 23.4 Å². The number of rotatable bonds is 11. The van der Waals surface area contributed by atoms with Crippen molar-refractivity contribution in [2.24, 2.45) is 0 Å². The van der Waals surface area contributed by atoms with Gasteiger partial charge in [0.1, 0.15) is 35.2 Å². The summed E-state index contributed by atoms with van der Waals surface area (Å²) < 4.78 is 41.4. The highest BCUT2D eigenvalue weighted by atomic mass is 35.5. The molecule has 8 nitrogen and oxygen atoms in total. The summed E-state index contributed by atoms with van der Waals surface area (Å²) in [7, 11) is -4.27. The van der Waals surface area contributed by atoms with Gasteiger partial charge in [-0.15, -0.1) is 0 Å². The largest absolute Gasteiger partial charge is 0.744 e. The van der Waals surface area contributed by atoms with Crippen LogP contribution in [0.4, 0.5) is 5.69 Å². The normalized spacial score (nSPS) is 11.8. The van der Waals surface area contributed by atoms with E-state index in [9.17, 15) is 17.8 Å². The molecule has 1 amide bonds. The minimum atomic E-state index is -4.27. The molecule has 0 bridgehead atoms. The zero-order chi connectivity index (χ0) is 34.8. The van der Waals surface area contributed by atoms with Crippen LogP contribution < -0.4 is 9.88 Å². The average molecular weight is 770 g/mol. The third kappa shape index (κ3) is 11.8. The van der Waals surface area contributed by atoms with Crippen molar-refractivity contribution in [3.05, 3.63) is 145 Å². The summed E-state index contributed by atoms with van der Waals surface area (Å²) in [6.07, 6.45) is 5.68. The number of carbonyl (C=O) groups is 1. The molecule has 1 aromatic heterocycles. The molecule has 0 saturated heterocycles. The topological polar surface area (TPSA) is 104 Å². The molecule has 5 rings (SSSR count). The highest BCUT2D eigenvalue weighted by Gasteiger charge is 2.21. The second-order valence-electron chi connectivity index (χ2n) is 10.6. The van der Waals surface area contributed by atoms with Crippen LogP contribution in [0.15, 0.2) is 109 Å². The number of aromatic nitrogens is 2. The lowest BCUT2D eigenvalue weighted by atomic mass is 10.1. The van der Waals surface area contributed by atoms with E-state index in [1.807, 2.05) is 46.9 Å². The molecule has 0 aliphatic heterocycles. The summed E-state index contributed by atoms with van der Waals surface area (Å²) in [6.45, 7) is 3.09. The van der Waals surface area contributed by atoms with Gasteiger partial charge in [-0.3, -0.25) is 4.79 Å². The summed E-state index contributed by atoms with van der Waals surface area (Å²) in [4.78, 5) is 12.2. The minimum absolute atomic E-state index is 0.0865. The standard InChI is InChI=1S/C27H22Cl5N3O2.C7H8O3S/c28-19-3-6-22(7-4-19)33-27(36)9-10-34-11-12-35(17-34)15-26(23-8-5-21(30)14-25(23)32)37-16-18-1-2-20(29)13-24(18)31;1-6-2-4-7(5-3-6)11(8,9)10/h1-8,11-14,17,26H,9-10,15-16H2;2-5H,1H3,(H,8,9,10). The first-order chi connectivity index (χ1) is 22.8. The number of halogens is 5. The van der Waals surface area contributed by atoms with E-state index in [1.165, 1.54) is 12.1 Å². The quantitative estimate of drug-likeness (QED) is 0.107. The molecule has 252 valence electrons. The van der Waals surface area contributed by atoms with E-state index < -0.39 is 10.1 Å². The smallest absolute Gasteiger partial charge is 0.243 e. The molecule has 0 fully saturated rings. The van der Waals surface area contributed by atoms with Crippen molar-refractivity contribution in [2.75, 3.05) is 5.32 Å². The van der Waals surface area contributed by atoms with Gasteiger partial charge in [0, 0.05) is 36.4 Å². The first-order valence-corrected chi connectivity index (χ1v) is 17.7. The highest BCUT2D eigenvalue weighted by molar-refractivity contribution is 7.85. The van der Waals surface area contributed by atoms with Crippen molar-refractivity contribution in [1.82, 2.24) is 4.57 Å². The van der Waals surface area contributed by atoms with Crippen LogP contribution in [0.25, 0.3) is 0 Å². The Balaban J connectivity index is 0.000000401. The summed E-state index contributed by atoms with van der Waals surface area (Å²) in [5, 5.41) is 5.64. The molecule has 0 spiro atoms. The number of nitrogens with one attached hydrogen (secondary N) is 1. The lowest BCUT2D eigenvalue weighted by Gasteiger charge is -2.19. The number of ether oxygens (including phenoxy) is 1. The Morgan fingerprint density at radius 2 is 1.50 bits per heavy atom.